The van der Waals surface area contributed by atoms with Crippen LogP contribution in [0.25, 0.3) is 0 Å². The second-order valence-corrected chi connectivity index (χ2v) is 6.42. The number of aromatic nitrogens is 2. The van der Waals surface area contributed by atoms with Crippen molar-refractivity contribution in [3.63, 3.8) is 0 Å². The number of nitrogens with one attached hydrogen (secondary N) is 1. The van der Waals surface area contributed by atoms with Crippen molar-refractivity contribution in [2.75, 3.05) is 37.4 Å². The van der Waals surface area contributed by atoms with E-state index in [9.17, 15) is 0 Å². The van der Waals surface area contributed by atoms with E-state index in [1.807, 2.05) is 43.3 Å². The van der Waals surface area contributed by atoms with E-state index in [1.165, 1.54) is 19.3 Å². The lowest BCUT2D eigenvalue weighted by Crippen LogP contribution is -2.40. The Morgan fingerprint density at radius 1 is 1.12 bits per heavy atom. The first kappa shape index (κ1) is 20.4. The maximum absolute atomic E-state index is 4.84. The van der Waals surface area contributed by atoms with E-state index in [2.05, 4.69) is 32.3 Å². The molecule has 1 aromatic carbocycles. The summed E-state index contributed by atoms with van der Waals surface area (Å²) in [5.74, 6) is 1.64. The van der Waals surface area contributed by atoms with Crippen molar-refractivity contribution in [3.05, 3.63) is 48.3 Å². The van der Waals surface area contributed by atoms with Crippen LogP contribution in [0.3, 0.4) is 0 Å². The van der Waals surface area contributed by atoms with Crippen molar-refractivity contribution < 1.29 is 0 Å². The molecule has 1 aliphatic heterocycles. The third kappa shape index (κ3) is 5.82. The van der Waals surface area contributed by atoms with Crippen LogP contribution in [0.15, 0.2) is 47.6 Å². The van der Waals surface area contributed by atoms with Gasteiger partial charge in [-0.25, -0.2) is 15.0 Å². The highest BCUT2D eigenvalue weighted by Crippen LogP contribution is 2.13. The van der Waals surface area contributed by atoms with Crippen LogP contribution in [0.2, 0.25) is 0 Å². The van der Waals surface area contributed by atoms with Crippen LogP contribution < -0.4 is 10.2 Å². The average molecular weight is 466 g/mol. The molecule has 1 fully saturated rings. The second-order valence-electron chi connectivity index (χ2n) is 6.42. The minimum absolute atomic E-state index is 0. The van der Waals surface area contributed by atoms with E-state index in [0.29, 0.717) is 12.5 Å². The molecule has 2 heterocycles. The second kappa shape index (κ2) is 10.3. The maximum atomic E-state index is 4.84. The summed E-state index contributed by atoms with van der Waals surface area (Å²) in [4.78, 5) is 17.9. The minimum atomic E-state index is 0. The molecule has 140 valence electrons. The molecule has 1 aliphatic rings. The fourth-order valence-electron chi connectivity index (χ4n) is 2.82. The summed E-state index contributed by atoms with van der Waals surface area (Å²) in [7, 11) is 3.89. The lowest BCUT2D eigenvalue weighted by atomic mass is 10.1. The first-order valence-corrected chi connectivity index (χ1v) is 8.83. The Hall–Kier alpha value is -1.90. The van der Waals surface area contributed by atoms with Crippen molar-refractivity contribution in [1.29, 1.82) is 0 Å². The van der Waals surface area contributed by atoms with E-state index < -0.39 is 0 Å². The molecule has 0 amide bonds. The largest absolute Gasteiger partial charge is 0.347 e. The number of anilines is 2. The summed E-state index contributed by atoms with van der Waals surface area (Å²) in [5, 5.41) is 3.48. The average Bonchev–Trinajstić information content (AvgIpc) is 2.67. The molecule has 7 heteroatoms. The van der Waals surface area contributed by atoms with Crippen molar-refractivity contribution in [2.24, 2.45) is 4.99 Å². The minimum Gasteiger partial charge on any atom is -0.347 e. The molecule has 0 unspecified atom stereocenters. The fourth-order valence-corrected chi connectivity index (χ4v) is 2.82. The van der Waals surface area contributed by atoms with Gasteiger partial charge in [0.2, 0.25) is 5.95 Å². The van der Waals surface area contributed by atoms with Crippen molar-refractivity contribution >= 4 is 41.6 Å². The number of para-hydroxylation sites is 1. The Morgan fingerprint density at radius 2 is 1.85 bits per heavy atom. The van der Waals surface area contributed by atoms with Gasteiger partial charge in [0, 0.05) is 39.1 Å². The number of rotatable bonds is 4. The predicted octanol–water partition coefficient (Wildman–Crippen LogP) is 3.61. The molecule has 1 aromatic heterocycles. The molecule has 0 saturated carbocycles. The summed E-state index contributed by atoms with van der Waals surface area (Å²) in [5.41, 5.74) is 1.98. The highest BCUT2D eigenvalue weighted by atomic mass is 127. The third-order valence-electron chi connectivity index (χ3n) is 4.18. The molecule has 0 bridgehead atoms. The van der Waals surface area contributed by atoms with E-state index in [4.69, 9.17) is 4.99 Å². The van der Waals surface area contributed by atoms with Crippen molar-refractivity contribution in [1.82, 2.24) is 14.9 Å². The summed E-state index contributed by atoms with van der Waals surface area (Å²) in [6.45, 7) is 2.63. The molecular formula is C19H27IN6. The summed E-state index contributed by atoms with van der Waals surface area (Å²) in [6, 6.07) is 12.1. The number of halogens is 1. The van der Waals surface area contributed by atoms with Crippen LogP contribution in [0.5, 0.6) is 0 Å². The van der Waals surface area contributed by atoms with Gasteiger partial charge in [-0.15, -0.1) is 24.0 Å². The van der Waals surface area contributed by atoms with Crippen molar-refractivity contribution in [3.8, 4) is 0 Å². The smallest absolute Gasteiger partial charge is 0.225 e. The Balaban J connectivity index is 0.00000243. The molecule has 26 heavy (non-hydrogen) atoms. The van der Waals surface area contributed by atoms with Crippen LogP contribution in [0.1, 0.15) is 25.0 Å². The van der Waals surface area contributed by atoms with Gasteiger partial charge in [0.1, 0.15) is 0 Å². The SMILES string of the molecule is CN(C)c1nccc(CN=C(Nc2ccccc2)N2CCCCC2)n1.I. The molecule has 6 nitrogen and oxygen atoms in total. The summed E-state index contributed by atoms with van der Waals surface area (Å²) in [6.07, 6.45) is 5.52. The van der Waals surface area contributed by atoms with Gasteiger partial charge in [0.15, 0.2) is 5.96 Å². The lowest BCUT2D eigenvalue weighted by Gasteiger charge is -2.30. The molecule has 0 spiro atoms. The van der Waals surface area contributed by atoms with Crippen LogP contribution in [-0.2, 0) is 6.54 Å². The predicted molar refractivity (Wildman–Crippen MR) is 118 cm³/mol. The molecule has 0 radical (unpaired) electrons. The summed E-state index contributed by atoms with van der Waals surface area (Å²) < 4.78 is 0. The third-order valence-corrected chi connectivity index (χ3v) is 4.18. The van der Waals surface area contributed by atoms with Gasteiger partial charge in [-0.3, -0.25) is 0 Å². The highest BCUT2D eigenvalue weighted by Gasteiger charge is 2.15. The van der Waals surface area contributed by atoms with Crippen molar-refractivity contribution in [2.45, 2.75) is 25.8 Å². The van der Waals surface area contributed by atoms with Gasteiger partial charge in [0.25, 0.3) is 0 Å². The number of hydrogen-bond donors (Lipinski definition) is 1. The number of benzene rings is 1. The maximum Gasteiger partial charge on any atom is 0.225 e. The molecule has 2 aromatic rings. The van der Waals surface area contributed by atoms with Gasteiger partial charge in [-0.2, -0.15) is 0 Å². The Morgan fingerprint density at radius 3 is 2.54 bits per heavy atom. The van der Waals surface area contributed by atoms with E-state index in [0.717, 1.165) is 30.4 Å². The lowest BCUT2D eigenvalue weighted by molar-refractivity contribution is 0.340. The number of guanidine groups is 1. The zero-order valence-electron chi connectivity index (χ0n) is 15.4. The standard InChI is InChI=1S/C19H26N6.HI/c1-24(2)18-20-12-11-17(23-18)15-21-19(25-13-7-4-8-14-25)22-16-9-5-3-6-10-16;/h3,5-6,9-12H,4,7-8,13-15H2,1-2H3,(H,21,22);1H. The van der Waals surface area contributed by atoms with Crippen LogP contribution in [-0.4, -0.2) is 48.0 Å². The number of piperidine rings is 1. The topological polar surface area (TPSA) is 56.7 Å². The summed E-state index contributed by atoms with van der Waals surface area (Å²) >= 11 is 0. The first-order chi connectivity index (χ1) is 12.2. The van der Waals surface area contributed by atoms with Gasteiger partial charge >= 0.3 is 0 Å². The molecule has 1 saturated heterocycles. The van der Waals surface area contributed by atoms with Gasteiger partial charge in [0.05, 0.1) is 12.2 Å². The molecule has 3 rings (SSSR count). The zero-order chi connectivity index (χ0) is 17.5. The number of likely N-dealkylation sites (tertiary alicyclic amines) is 1. The molecule has 1 N–H and O–H groups in total. The van der Waals surface area contributed by atoms with Gasteiger partial charge in [-0.1, -0.05) is 18.2 Å². The van der Waals surface area contributed by atoms with E-state index >= 15 is 0 Å². The zero-order valence-corrected chi connectivity index (χ0v) is 17.8. The normalized spacial score (nSPS) is 14.5. The Kier molecular flexibility index (Phi) is 8.08. The molecule has 0 aliphatic carbocycles. The van der Waals surface area contributed by atoms with E-state index in [1.54, 1.807) is 6.20 Å². The fraction of sp³-hybridized carbons (Fsp3) is 0.421. The Bertz CT molecular complexity index is 698. The highest BCUT2D eigenvalue weighted by molar-refractivity contribution is 14.0. The van der Waals surface area contributed by atoms with Gasteiger partial charge < -0.3 is 15.1 Å². The first-order valence-electron chi connectivity index (χ1n) is 8.83. The number of hydrogen-bond acceptors (Lipinski definition) is 4. The number of nitrogens with zero attached hydrogens (tertiary/aromatic N) is 5. The monoisotopic (exact) mass is 466 g/mol. The van der Waals surface area contributed by atoms with E-state index in [-0.39, 0.29) is 24.0 Å². The van der Waals surface area contributed by atoms with Gasteiger partial charge in [-0.05, 0) is 37.5 Å². The molecule has 0 atom stereocenters. The number of aliphatic imine (C=N–C) groups is 1. The van der Waals surface area contributed by atoms with Crippen LogP contribution >= 0.6 is 24.0 Å². The van der Waals surface area contributed by atoms with Crippen LogP contribution in [0, 0.1) is 0 Å². The quantitative estimate of drug-likeness (QED) is 0.424. The van der Waals surface area contributed by atoms with Crippen LogP contribution in [0.4, 0.5) is 11.6 Å². The molecular weight excluding hydrogens is 439 g/mol. The Labute approximate surface area is 172 Å².